The smallest absolute Gasteiger partial charge is 0.251 e. The molecule has 0 aliphatic heterocycles. The van der Waals surface area contributed by atoms with Crippen molar-refractivity contribution in [3.8, 4) is 0 Å². The van der Waals surface area contributed by atoms with Crippen molar-refractivity contribution in [3.05, 3.63) is 59.4 Å². The van der Waals surface area contributed by atoms with Crippen molar-refractivity contribution in [3.63, 3.8) is 0 Å². The van der Waals surface area contributed by atoms with Crippen molar-refractivity contribution in [1.82, 2.24) is 15.2 Å². The van der Waals surface area contributed by atoms with Gasteiger partial charge < -0.3 is 15.2 Å². The van der Waals surface area contributed by atoms with Crippen LogP contribution < -0.4 is 10.6 Å². The van der Waals surface area contributed by atoms with Gasteiger partial charge in [-0.3, -0.25) is 9.59 Å². The van der Waals surface area contributed by atoms with Gasteiger partial charge in [-0.2, -0.15) is 0 Å². The van der Waals surface area contributed by atoms with E-state index in [1.54, 1.807) is 12.1 Å². The number of nitrogens with zero attached hydrogens (tertiary/aromatic N) is 1. The predicted molar refractivity (Wildman–Crippen MR) is 94.6 cm³/mol. The first kappa shape index (κ1) is 17.8. The number of hydrogen-bond donors (Lipinski definition) is 2. The topological polar surface area (TPSA) is 63.1 Å². The van der Waals surface area contributed by atoms with Crippen LogP contribution in [0.5, 0.6) is 0 Å². The predicted octanol–water partition coefficient (Wildman–Crippen LogP) is 2.41. The Morgan fingerprint density at radius 1 is 1.17 bits per heavy atom. The lowest BCUT2D eigenvalue weighted by Crippen LogP contribution is -2.33. The molecular formula is C19H25N3O2. The van der Waals surface area contributed by atoms with Crippen LogP contribution in [0.1, 0.15) is 41.9 Å². The highest BCUT2D eigenvalue weighted by Crippen LogP contribution is 2.08. The molecule has 0 bridgehead atoms. The number of carbonyl (C=O) groups is 2. The first-order valence-electron chi connectivity index (χ1n) is 8.20. The Hall–Kier alpha value is -2.56. The highest BCUT2D eigenvalue weighted by Gasteiger charge is 2.10. The number of benzene rings is 1. The average molecular weight is 327 g/mol. The van der Waals surface area contributed by atoms with Crippen LogP contribution in [0.2, 0.25) is 0 Å². The van der Waals surface area contributed by atoms with Crippen LogP contribution >= 0.6 is 0 Å². The fourth-order valence-electron chi connectivity index (χ4n) is 2.50. The van der Waals surface area contributed by atoms with Gasteiger partial charge in [-0.15, -0.1) is 0 Å². The molecule has 0 radical (unpaired) electrons. The molecule has 1 atom stereocenters. The largest absolute Gasteiger partial charge is 0.354 e. The molecule has 2 amide bonds. The van der Waals surface area contributed by atoms with Gasteiger partial charge >= 0.3 is 0 Å². The number of nitrogens with one attached hydrogen (secondary N) is 2. The van der Waals surface area contributed by atoms with Gasteiger partial charge in [-0.25, -0.2) is 0 Å². The highest BCUT2D eigenvalue weighted by atomic mass is 16.2. The van der Waals surface area contributed by atoms with E-state index in [1.165, 1.54) is 12.6 Å². The summed E-state index contributed by atoms with van der Waals surface area (Å²) >= 11 is 0. The molecular weight excluding hydrogens is 302 g/mol. The minimum atomic E-state index is -0.0690. The molecule has 1 aromatic heterocycles. The molecule has 2 rings (SSSR count). The number of aromatic nitrogens is 1. The molecule has 128 valence electrons. The first-order chi connectivity index (χ1) is 11.5. The van der Waals surface area contributed by atoms with Gasteiger partial charge in [-0.05, 0) is 49.6 Å². The Morgan fingerprint density at radius 2 is 1.88 bits per heavy atom. The third kappa shape index (κ3) is 5.26. The van der Waals surface area contributed by atoms with Crippen LogP contribution in [0.25, 0.3) is 0 Å². The van der Waals surface area contributed by atoms with E-state index in [4.69, 9.17) is 0 Å². The molecule has 24 heavy (non-hydrogen) atoms. The molecule has 2 N–H and O–H groups in total. The van der Waals surface area contributed by atoms with Gasteiger partial charge in [0, 0.05) is 44.0 Å². The second-order valence-electron chi connectivity index (χ2n) is 6.13. The van der Waals surface area contributed by atoms with Gasteiger partial charge in [0.15, 0.2) is 0 Å². The molecule has 1 aromatic carbocycles. The van der Waals surface area contributed by atoms with Crippen molar-refractivity contribution < 1.29 is 9.59 Å². The molecule has 5 heteroatoms. The third-order valence-electron chi connectivity index (χ3n) is 4.02. The summed E-state index contributed by atoms with van der Waals surface area (Å²) in [4.78, 5) is 23.2. The maximum absolute atomic E-state index is 12.3. The molecule has 0 spiro atoms. The first-order valence-corrected chi connectivity index (χ1v) is 8.20. The Morgan fingerprint density at radius 3 is 2.46 bits per heavy atom. The standard InChI is InChI=1S/C19H25N3O2/c1-14(6-11-18-5-4-12-22(18)3)21-19(24)17-9-7-16(8-10-17)13-20-15(2)23/h4-5,7-10,12,14H,6,11,13H2,1-3H3,(H,20,23)(H,21,24)/t14-/m1/s1. The van der Waals surface area contributed by atoms with E-state index >= 15 is 0 Å². The molecule has 0 saturated heterocycles. The lowest BCUT2D eigenvalue weighted by Gasteiger charge is -2.14. The quantitative estimate of drug-likeness (QED) is 0.820. The summed E-state index contributed by atoms with van der Waals surface area (Å²) in [6.07, 6.45) is 3.85. The SMILES string of the molecule is CC(=O)NCc1ccc(C(=O)N[C@H](C)CCc2cccn2C)cc1. The fourth-order valence-corrected chi connectivity index (χ4v) is 2.50. The van der Waals surface area contributed by atoms with E-state index in [0.29, 0.717) is 12.1 Å². The zero-order valence-electron chi connectivity index (χ0n) is 14.5. The monoisotopic (exact) mass is 327 g/mol. The normalized spacial score (nSPS) is 11.8. The van der Waals surface area contributed by atoms with Crippen molar-refractivity contribution in [2.45, 2.75) is 39.3 Å². The van der Waals surface area contributed by atoms with Gasteiger partial charge in [-0.1, -0.05) is 12.1 Å². The number of carbonyl (C=O) groups excluding carboxylic acids is 2. The molecule has 5 nitrogen and oxygen atoms in total. The number of aryl methyl sites for hydroxylation is 2. The lowest BCUT2D eigenvalue weighted by atomic mass is 10.1. The molecule has 0 unspecified atom stereocenters. The molecule has 0 aliphatic rings. The Bertz CT molecular complexity index is 689. The van der Waals surface area contributed by atoms with E-state index in [2.05, 4.69) is 21.3 Å². The van der Waals surface area contributed by atoms with E-state index < -0.39 is 0 Å². The van der Waals surface area contributed by atoms with Gasteiger partial charge in [0.25, 0.3) is 5.91 Å². The van der Waals surface area contributed by atoms with Crippen molar-refractivity contribution in [1.29, 1.82) is 0 Å². The number of rotatable bonds is 7. The van der Waals surface area contributed by atoms with E-state index in [1.807, 2.05) is 38.4 Å². The Labute approximate surface area is 143 Å². The van der Waals surface area contributed by atoms with Gasteiger partial charge in [0.2, 0.25) is 5.91 Å². The summed E-state index contributed by atoms with van der Waals surface area (Å²) in [7, 11) is 2.03. The van der Waals surface area contributed by atoms with E-state index in [0.717, 1.165) is 18.4 Å². The maximum atomic E-state index is 12.3. The zero-order chi connectivity index (χ0) is 17.5. The summed E-state index contributed by atoms with van der Waals surface area (Å²) in [6.45, 7) is 3.98. The number of amides is 2. The highest BCUT2D eigenvalue weighted by molar-refractivity contribution is 5.94. The van der Waals surface area contributed by atoms with Gasteiger partial charge in [0.1, 0.15) is 0 Å². The third-order valence-corrected chi connectivity index (χ3v) is 4.02. The second-order valence-corrected chi connectivity index (χ2v) is 6.13. The minimum Gasteiger partial charge on any atom is -0.354 e. The molecule has 2 aromatic rings. The second kappa shape index (κ2) is 8.34. The lowest BCUT2D eigenvalue weighted by molar-refractivity contribution is -0.119. The minimum absolute atomic E-state index is 0.0659. The molecule has 0 saturated carbocycles. The van der Waals surface area contributed by atoms with Crippen molar-refractivity contribution in [2.75, 3.05) is 0 Å². The van der Waals surface area contributed by atoms with Crippen LogP contribution in [0.3, 0.4) is 0 Å². The maximum Gasteiger partial charge on any atom is 0.251 e. The van der Waals surface area contributed by atoms with Crippen molar-refractivity contribution >= 4 is 11.8 Å². The van der Waals surface area contributed by atoms with Crippen LogP contribution in [0.4, 0.5) is 0 Å². The number of hydrogen-bond acceptors (Lipinski definition) is 2. The summed E-state index contributed by atoms with van der Waals surface area (Å²) in [5.41, 5.74) is 2.87. The molecule has 0 fully saturated rings. The van der Waals surface area contributed by atoms with E-state index in [9.17, 15) is 9.59 Å². The zero-order valence-corrected chi connectivity index (χ0v) is 14.5. The van der Waals surface area contributed by atoms with Crippen LogP contribution in [0.15, 0.2) is 42.6 Å². The average Bonchev–Trinajstić information content (AvgIpc) is 2.96. The summed E-state index contributed by atoms with van der Waals surface area (Å²) in [5.74, 6) is -0.135. The summed E-state index contributed by atoms with van der Waals surface area (Å²) < 4.78 is 2.10. The molecule has 1 heterocycles. The van der Waals surface area contributed by atoms with Crippen LogP contribution in [-0.2, 0) is 24.8 Å². The van der Waals surface area contributed by atoms with Gasteiger partial charge in [0.05, 0.1) is 0 Å². The Balaban J connectivity index is 1.82. The summed E-state index contributed by atoms with van der Waals surface area (Å²) in [6, 6.07) is 11.5. The Kier molecular flexibility index (Phi) is 6.18. The summed E-state index contributed by atoms with van der Waals surface area (Å²) in [5, 5.41) is 5.77. The van der Waals surface area contributed by atoms with E-state index in [-0.39, 0.29) is 17.9 Å². The molecule has 0 aliphatic carbocycles. The fraction of sp³-hybridized carbons (Fsp3) is 0.368. The van der Waals surface area contributed by atoms with Crippen LogP contribution in [-0.4, -0.2) is 22.4 Å². The van der Waals surface area contributed by atoms with Crippen LogP contribution in [0, 0.1) is 0 Å². The van der Waals surface area contributed by atoms with Crippen molar-refractivity contribution in [2.24, 2.45) is 7.05 Å².